The van der Waals surface area contributed by atoms with E-state index in [1.807, 2.05) is 43.3 Å². The van der Waals surface area contributed by atoms with Crippen molar-refractivity contribution in [2.45, 2.75) is 19.8 Å². The van der Waals surface area contributed by atoms with E-state index in [2.05, 4.69) is 4.98 Å². The van der Waals surface area contributed by atoms with Gasteiger partial charge in [0.15, 0.2) is 0 Å². The van der Waals surface area contributed by atoms with Gasteiger partial charge in [-0.25, -0.2) is 9.78 Å². The van der Waals surface area contributed by atoms with Crippen molar-refractivity contribution in [3.63, 3.8) is 0 Å². The van der Waals surface area contributed by atoms with Crippen molar-refractivity contribution in [2.24, 2.45) is 0 Å². The van der Waals surface area contributed by atoms with E-state index >= 15 is 0 Å². The third-order valence-corrected chi connectivity index (χ3v) is 4.22. The third-order valence-electron chi connectivity index (χ3n) is 4.22. The number of hydrogen-bond acceptors (Lipinski definition) is 4. The number of aromatic nitrogens is 2. The summed E-state index contributed by atoms with van der Waals surface area (Å²) in [5.74, 6) is -0.332. The van der Waals surface area contributed by atoms with Gasteiger partial charge in [-0.2, -0.15) is 0 Å². The SMILES string of the molecule is CCCc1c(/C=C/c2cccc(OC)c2)nc2ccc(C(=O)O)cn2c1=O. The number of ether oxygens (including phenoxy) is 1. The Labute approximate surface area is 156 Å². The molecule has 0 aliphatic heterocycles. The van der Waals surface area contributed by atoms with Gasteiger partial charge in [0.05, 0.1) is 18.4 Å². The fraction of sp³-hybridized carbons (Fsp3) is 0.190. The fourth-order valence-electron chi connectivity index (χ4n) is 2.86. The van der Waals surface area contributed by atoms with Gasteiger partial charge in [-0.05, 0) is 42.3 Å². The molecule has 0 radical (unpaired) electrons. The van der Waals surface area contributed by atoms with E-state index in [0.29, 0.717) is 23.3 Å². The Bertz CT molecular complexity index is 1080. The first kappa shape index (κ1) is 18.4. The van der Waals surface area contributed by atoms with Gasteiger partial charge in [0.25, 0.3) is 5.56 Å². The van der Waals surface area contributed by atoms with Crippen LogP contribution < -0.4 is 10.3 Å². The highest BCUT2D eigenvalue weighted by molar-refractivity contribution is 5.87. The highest BCUT2D eigenvalue weighted by Gasteiger charge is 2.12. The molecule has 0 aliphatic carbocycles. The third kappa shape index (κ3) is 3.89. The molecule has 0 saturated heterocycles. The molecule has 1 aromatic carbocycles. The average Bonchev–Trinajstić information content (AvgIpc) is 2.68. The molecule has 0 fully saturated rings. The second kappa shape index (κ2) is 7.86. The molecular formula is C21H20N2O4. The Morgan fingerprint density at radius 2 is 2.07 bits per heavy atom. The van der Waals surface area contributed by atoms with E-state index < -0.39 is 5.97 Å². The smallest absolute Gasteiger partial charge is 0.337 e. The lowest BCUT2D eigenvalue weighted by Gasteiger charge is -2.08. The standard InChI is InChI=1S/C21H20N2O4/c1-3-5-17-18(10-8-14-6-4-7-16(12-14)27-2)22-19-11-9-15(21(25)26)13-23(19)20(17)24/h4,6-13H,3,5H2,1-2H3,(H,25,26)/b10-8+. The van der Waals surface area contributed by atoms with Crippen LogP contribution in [-0.2, 0) is 6.42 Å². The minimum Gasteiger partial charge on any atom is -0.497 e. The van der Waals surface area contributed by atoms with E-state index in [1.54, 1.807) is 13.2 Å². The lowest BCUT2D eigenvalue weighted by molar-refractivity contribution is 0.0696. The van der Waals surface area contributed by atoms with E-state index in [1.165, 1.54) is 16.7 Å². The van der Waals surface area contributed by atoms with Crippen LogP contribution in [0.5, 0.6) is 5.75 Å². The van der Waals surface area contributed by atoms with Crippen LogP contribution in [0.1, 0.15) is 40.5 Å². The van der Waals surface area contributed by atoms with Crippen molar-refractivity contribution in [1.29, 1.82) is 0 Å². The Balaban J connectivity index is 2.12. The van der Waals surface area contributed by atoms with Crippen molar-refractivity contribution in [1.82, 2.24) is 9.38 Å². The molecule has 2 heterocycles. The summed E-state index contributed by atoms with van der Waals surface area (Å²) >= 11 is 0. The monoisotopic (exact) mass is 364 g/mol. The lowest BCUT2D eigenvalue weighted by atomic mass is 10.1. The van der Waals surface area contributed by atoms with Crippen LogP contribution in [0.3, 0.4) is 0 Å². The topological polar surface area (TPSA) is 80.9 Å². The van der Waals surface area contributed by atoms with Crippen LogP contribution in [0.25, 0.3) is 17.8 Å². The summed E-state index contributed by atoms with van der Waals surface area (Å²) in [7, 11) is 1.61. The number of benzene rings is 1. The molecular weight excluding hydrogens is 344 g/mol. The highest BCUT2D eigenvalue weighted by atomic mass is 16.5. The van der Waals surface area contributed by atoms with Crippen molar-refractivity contribution in [3.05, 3.63) is 75.3 Å². The van der Waals surface area contributed by atoms with Crippen LogP contribution >= 0.6 is 0 Å². The van der Waals surface area contributed by atoms with E-state index in [-0.39, 0.29) is 11.1 Å². The van der Waals surface area contributed by atoms with Crippen molar-refractivity contribution < 1.29 is 14.6 Å². The molecule has 3 aromatic rings. The number of aromatic carboxylic acids is 1. The maximum atomic E-state index is 12.9. The molecule has 0 amide bonds. The molecule has 6 nitrogen and oxygen atoms in total. The van der Waals surface area contributed by atoms with Crippen molar-refractivity contribution in [3.8, 4) is 5.75 Å². The molecule has 2 aromatic heterocycles. The summed E-state index contributed by atoms with van der Waals surface area (Å²) in [5.41, 5.74) is 2.31. The van der Waals surface area contributed by atoms with Crippen LogP contribution in [0, 0.1) is 0 Å². The molecule has 0 atom stereocenters. The molecule has 0 saturated carbocycles. The van der Waals surface area contributed by atoms with Gasteiger partial charge >= 0.3 is 5.97 Å². The Morgan fingerprint density at radius 1 is 1.26 bits per heavy atom. The maximum absolute atomic E-state index is 12.9. The average molecular weight is 364 g/mol. The van der Waals surface area contributed by atoms with Crippen LogP contribution in [-0.4, -0.2) is 27.6 Å². The van der Waals surface area contributed by atoms with E-state index in [0.717, 1.165) is 17.7 Å². The summed E-state index contributed by atoms with van der Waals surface area (Å²) < 4.78 is 6.53. The minimum atomic E-state index is -1.08. The van der Waals surface area contributed by atoms with E-state index in [4.69, 9.17) is 9.84 Å². The summed E-state index contributed by atoms with van der Waals surface area (Å²) in [6, 6.07) is 10.6. The highest BCUT2D eigenvalue weighted by Crippen LogP contribution is 2.16. The van der Waals surface area contributed by atoms with E-state index in [9.17, 15) is 9.59 Å². The summed E-state index contributed by atoms with van der Waals surface area (Å²) in [6.45, 7) is 1.98. The number of rotatable bonds is 6. The first-order valence-electron chi connectivity index (χ1n) is 8.64. The molecule has 138 valence electrons. The van der Waals surface area contributed by atoms with Gasteiger partial charge in [-0.1, -0.05) is 31.6 Å². The molecule has 0 unspecified atom stereocenters. The zero-order valence-corrected chi connectivity index (χ0v) is 15.2. The predicted molar refractivity (Wildman–Crippen MR) is 104 cm³/mol. The molecule has 27 heavy (non-hydrogen) atoms. The second-order valence-electron chi connectivity index (χ2n) is 6.09. The Morgan fingerprint density at radius 3 is 2.78 bits per heavy atom. The maximum Gasteiger partial charge on any atom is 0.337 e. The van der Waals surface area contributed by atoms with Gasteiger partial charge < -0.3 is 9.84 Å². The molecule has 6 heteroatoms. The molecule has 0 aliphatic rings. The zero-order chi connectivity index (χ0) is 19.4. The number of nitrogens with zero attached hydrogens (tertiary/aromatic N) is 2. The number of carboxylic acid groups (broad SMARTS) is 1. The number of fused-ring (bicyclic) bond motifs is 1. The minimum absolute atomic E-state index is 0.0496. The normalized spacial score (nSPS) is 11.2. The number of pyridine rings is 1. The van der Waals surface area contributed by atoms with Gasteiger partial charge in [0.1, 0.15) is 11.4 Å². The summed E-state index contributed by atoms with van der Waals surface area (Å²) in [5, 5.41) is 9.16. The lowest BCUT2D eigenvalue weighted by Crippen LogP contribution is -2.22. The van der Waals surface area contributed by atoms with Crippen molar-refractivity contribution >= 4 is 23.8 Å². The number of hydrogen-bond donors (Lipinski definition) is 1. The van der Waals surface area contributed by atoms with Crippen LogP contribution in [0.2, 0.25) is 0 Å². The van der Waals surface area contributed by atoms with Gasteiger partial charge in [0, 0.05) is 11.8 Å². The van der Waals surface area contributed by atoms with Crippen molar-refractivity contribution in [2.75, 3.05) is 7.11 Å². The molecule has 0 bridgehead atoms. The second-order valence-corrected chi connectivity index (χ2v) is 6.09. The quantitative estimate of drug-likeness (QED) is 0.724. The Kier molecular flexibility index (Phi) is 5.35. The molecule has 1 N–H and O–H groups in total. The first-order chi connectivity index (χ1) is 13.0. The number of carboxylic acids is 1. The van der Waals surface area contributed by atoms with Crippen LogP contribution in [0.4, 0.5) is 0 Å². The molecule has 3 rings (SSSR count). The molecule has 0 spiro atoms. The predicted octanol–water partition coefficient (Wildman–Crippen LogP) is 3.52. The summed E-state index contributed by atoms with van der Waals surface area (Å²) in [4.78, 5) is 28.7. The number of methoxy groups -OCH3 is 1. The number of carbonyl (C=O) groups is 1. The summed E-state index contributed by atoms with van der Waals surface area (Å²) in [6.07, 6.45) is 6.35. The fourth-order valence-corrected chi connectivity index (χ4v) is 2.86. The van der Waals surface area contributed by atoms with Gasteiger partial charge in [-0.3, -0.25) is 9.20 Å². The van der Waals surface area contributed by atoms with Gasteiger partial charge in [-0.15, -0.1) is 0 Å². The van der Waals surface area contributed by atoms with Gasteiger partial charge in [0.2, 0.25) is 0 Å². The van der Waals surface area contributed by atoms with Crippen LogP contribution in [0.15, 0.2) is 47.4 Å². The largest absolute Gasteiger partial charge is 0.497 e. The zero-order valence-electron chi connectivity index (χ0n) is 15.2. The first-order valence-corrected chi connectivity index (χ1v) is 8.64. The Hall–Kier alpha value is -3.41.